The molecular formula is C19H25N3O3S. The van der Waals surface area contributed by atoms with Crippen molar-refractivity contribution in [3.63, 3.8) is 0 Å². The molecule has 0 spiro atoms. The summed E-state index contributed by atoms with van der Waals surface area (Å²) in [6, 6.07) is 1.95. The first-order valence-corrected chi connectivity index (χ1v) is 10.2. The van der Waals surface area contributed by atoms with Crippen LogP contribution in [0.1, 0.15) is 52.6 Å². The fraction of sp³-hybridized carbons (Fsp3) is 0.579. The second kappa shape index (κ2) is 7.90. The van der Waals surface area contributed by atoms with Gasteiger partial charge in [0, 0.05) is 36.7 Å². The lowest BCUT2D eigenvalue weighted by Crippen LogP contribution is -2.39. The molecule has 0 aliphatic carbocycles. The maximum atomic E-state index is 13.0. The van der Waals surface area contributed by atoms with E-state index < -0.39 is 0 Å². The molecule has 0 radical (unpaired) electrons. The molecule has 1 atom stereocenters. The summed E-state index contributed by atoms with van der Waals surface area (Å²) in [4.78, 5) is 15.1. The van der Waals surface area contributed by atoms with Crippen LogP contribution in [-0.4, -0.2) is 47.5 Å². The van der Waals surface area contributed by atoms with Gasteiger partial charge in [-0.25, -0.2) is 0 Å². The predicted molar refractivity (Wildman–Crippen MR) is 99.4 cm³/mol. The minimum atomic E-state index is 0.0374. The summed E-state index contributed by atoms with van der Waals surface area (Å²) in [5.41, 5.74) is 4.24. The van der Waals surface area contributed by atoms with Gasteiger partial charge in [0.05, 0.1) is 43.7 Å². The second-order valence-electron chi connectivity index (χ2n) is 6.85. The summed E-state index contributed by atoms with van der Waals surface area (Å²) in [5, 5.41) is 8.83. The predicted octanol–water partition coefficient (Wildman–Crippen LogP) is 3.03. The lowest BCUT2D eigenvalue weighted by atomic mass is 9.95. The highest BCUT2D eigenvalue weighted by Gasteiger charge is 2.34. The Morgan fingerprint density at radius 2 is 2.38 bits per heavy atom. The Labute approximate surface area is 157 Å². The number of piperidine rings is 1. The molecule has 7 heteroatoms. The number of nitrogens with zero attached hydrogens (tertiary/aromatic N) is 3. The number of aromatic nitrogens is 2. The first-order chi connectivity index (χ1) is 12.8. The minimum absolute atomic E-state index is 0.0374. The Morgan fingerprint density at radius 3 is 3.19 bits per heavy atom. The number of carbonyl (C=O) groups is 1. The monoisotopic (exact) mass is 375 g/mol. The number of hydrogen-bond acceptors (Lipinski definition) is 5. The summed E-state index contributed by atoms with van der Waals surface area (Å²) in [6.45, 7) is 3.49. The first kappa shape index (κ1) is 17.7. The SMILES string of the molecule is COCCn1nc(C2CCCCN2C(=O)c2ccsc2)c2c1CCOC2. The highest BCUT2D eigenvalue weighted by molar-refractivity contribution is 7.08. The molecule has 6 nitrogen and oxygen atoms in total. The van der Waals surface area contributed by atoms with Gasteiger partial charge in [-0.05, 0) is 30.7 Å². The van der Waals surface area contributed by atoms with Crippen LogP contribution in [0.25, 0.3) is 0 Å². The normalized spacial score (nSPS) is 20.2. The number of rotatable bonds is 5. The van der Waals surface area contributed by atoms with Crippen molar-refractivity contribution in [2.75, 3.05) is 26.9 Å². The van der Waals surface area contributed by atoms with Gasteiger partial charge < -0.3 is 14.4 Å². The van der Waals surface area contributed by atoms with Crippen LogP contribution in [0.3, 0.4) is 0 Å². The fourth-order valence-electron chi connectivity index (χ4n) is 3.98. The molecule has 2 aliphatic heterocycles. The van der Waals surface area contributed by atoms with E-state index in [0.717, 1.165) is 56.6 Å². The van der Waals surface area contributed by atoms with Gasteiger partial charge in [0.15, 0.2) is 0 Å². The maximum absolute atomic E-state index is 13.0. The van der Waals surface area contributed by atoms with Crippen molar-refractivity contribution in [2.45, 2.75) is 44.9 Å². The molecule has 2 aromatic rings. The zero-order chi connectivity index (χ0) is 17.9. The second-order valence-corrected chi connectivity index (χ2v) is 7.63. The Balaban J connectivity index is 1.68. The third-order valence-corrected chi connectivity index (χ3v) is 5.97. The number of methoxy groups -OCH3 is 1. The molecule has 1 unspecified atom stereocenters. The summed E-state index contributed by atoms with van der Waals surface area (Å²) in [7, 11) is 1.71. The van der Waals surface area contributed by atoms with Gasteiger partial charge in [-0.15, -0.1) is 0 Å². The molecule has 2 aliphatic rings. The average Bonchev–Trinajstić information content (AvgIpc) is 3.34. The third-order valence-electron chi connectivity index (χ3n) is 5.28. The summed E-state index contributed by atoms with van der Waals surface area (Å²) in [6.07, 6.45) is 4.01. The highest BCUT2D eigenvalue weighted by Crippen LogP contribution is 2.36. The quantitative estimate of drug-likeness (QED) is 0.806. The molecule has 1 saturated heterocycles. The van der Waals surface area contributed by atoms with Crippen molar-refractivity contribution in [3.8, 4) is 0 Å². The van der Waals surface area contributed by atoms with Gasteiger partial charge in [0.2, 0.25) is 0 Å². The maximum Gasteiger partial charge on any atom is 0.255 e. The summed E-state index contributed by atoms with van der Waals surface area (Å²) >= 11 is 1.56. The van der Waals surface area contributed by atoms with Crippen molar-refractivity contribution in [1.29, 1.82) is 0 Å². The number of hydrogen-bond donors (Lipinski definition) is 0. The van der Waals surface area contributed by atoms with E-state index in [2.05, 4.69) is 4.68 Å². The lowest BCUT2D eigenvalue weighted by Gasteiger charge is -2.35. The smallest absolute Gasteiger partial charge is 0.255 e. The van der Waals surface area contributed by atoms with Crippen molar-refractivity contribution in [2.24, 2.45) is 0 Å². The molecule has 4 heterocycles. The molecule has 140 valence electrons. The van der Waals surface area contributed by atoms with Gasteiger partial charge in [-0.3, -0.25) is 9.48 Å². The van der Waals surface area contributed by atoms with E-state index in [-0.39, 0.29) is 11.9 Å². The molecule has 2 aromatic heterocycles. The molecule has 1 amide bonds. The van der Waals surface area contributed by atoms with Crippen LogP contribution in [0.15, 0.2) is 16.8 Å². The van der Waals surface area contributed by atoms with E-state index in [1.54, 1.807) is 18.4 Å². The zero-order valence-corrected chi connectivity index (χ0v) is 16.0. The van der Waals surface area contributed by atoms with Crippen LogP contribution >= 0.6 is 11.3 Å². The van der Waals surface area contributed by atoms with Crippen molar-refractivity contribution < 1.29 is 14.3 Å². The Bertz CT molecular complexity index is 756. The third kappa shape index (κ3) is 3.31. The number of carbonyl (C=O) groups excluding carboxylic acids is 1. The van der Waals surface area contributed by atoms with E-state index in [4.69, 9.17) is 14.6 Å². The fourth-order valence-corrected chi connectivity index (χ4v) is 4.61. The molecule has 0 N–H and O–H groups in total. The Morgan fingerprint density at radius 1 is 1.46 bits per heavy atom. The molecule has 0 aromatic carbocycles. The van der Waals surface area contributed by atoms with Crippen LogP contribution in [0.5, 0.6) is 0 Å². The van der Waals surface area contributed by atoms with Gasteiger partial charge in [0.1, 0.15) is 0 Å². The van der Waals surface area contributed by atoms with Crippen LogP contribution in [0.4, 0.5) is 0 Å². The first-order valence-electron chi connectivity index (χ1n) is 9.28. The van der Waals surface area contributed by atoms with Crippen LogP contribution in [0.2, 0.25) is 0 Å². The standard InChI is InChI=1S/C19H25N3O3S/c1-24-10-8-22-16-5-9-25-12-15(16)18(20-22)17-4-2-3-7-21(17)19(23)14-6-11-26-13-14/h6,11,13,17H,2-5,7-10,12H2,1H3. The van der Waals surface area contributed by atoms with Crippen LogP contribution in [0, 0.1) is 0 Å². The number of amides is 1. The topological polar surface area (TPSA) is 56.6 Å². The van der Waals surface area contributed by atoms with E-state index in [0.29, 0.717) is 13.2 Å². The molecular weight excluding hydrogens is 350 g/mol. The van der Waals surface area contributed by atoms with Crippen molar-refractivity contribution in [3.05, 3.63) is 39.3 Å². The van der Waals surface area contributed by atoms with E-state index >= 15 is 0 Å². The number of ether oxygens (including phenoxy) is 2. The highest BCUT2D eigenvalue weighted by atomic mass is 32.1. The number of thiophene rings is 1. The molecule has 26 heavy (non-hydrogen) atoms. The largest absolute Gasteiger partial charge is 0.383 e. The molecule has 1 fully saturated rings. The van der Waals surface area contributed by atoms with E-state index in [1.807, 2.05) is 21.7 Å². The average molecular weight is 375 g/mol. The van der Waals surface area contributed by atoms with Crippen molar-refractivity contribution >= 4 is 17.2 Å². The zero-order valence-electron chi connectivity index (χ0n) is 15.1. The lowest BCUT2D eigenvalue weighted by molar-refractivity contribution is 0.0596. The number of likely N-dealkylation sites (tertiary alicyclic amines) is 1. The van der Waals surface area contributed by atoms with Gasteiger partial charge in [-0.2, -0.15) is 16.4 Å². The summed E-state index contributed by atoms with van der Waals surface area (Å²) < 4.78 is 13.0. The molecule has 0 saturated carbocycles. The Hall–Kier alpha value is -1.70. The van der Waals surface area contributed by atoms with Crippen LogP contribution in [-0.2, 0) is 29.0 Å². The minimum Gasteiger partial charge on any atom is -0.383 e. The molecule has 0 bridgehead atoms. The summed E-state index contributed by atoms with van der Waals surface area (Å²) in [5.74, 6) is 0.118. The van der Waals surface area contributed by atoms with Crippen LogP contribution < -0.4 is 0 Å². The molecule has 4 rings (SSSR count). The van der Waals surface area contributed by atoms with E-state index in [9.17, 15) is 4.79 Å². The van der Waals surface area contributed by atoms with E-state index in [1.165, 1.54) is 11.3 Å². The van der Waals surface area contributed by atoms with Gasteiger partial charge >= 0.3 is 0 Å². The van der Waals surface area contributed by atoms with Gasteiger partial charge in [0.25, 0.3) is 5.91 Å². The Kier molecular flexibility index (Phi) is 5.38. The number of fused-ring (bicyclic) bond motifs is 1. The van der Waals surface area contributed by atoms with Gasteiger partial charge in [-0.1, -0.05) is 0 Å². The van der Waals surface area contributed by atoms with Crippen molar-refractivity contribution in [1.82, 2.24) is 14.7 Å².